The largest absolute Gasteiger partial charge is 0.491 e. The van der Waals surface area contributed by atoms with E-state index in [-0.39, 0.29) is 10.6 Å². The van der Waals surface area contributed by atoms with Crippen LogP contribution in [0, 0.1) is 11.7 Å². The van der Waals surface area contributed by atoms with E-state index in [2.05, 4.69) is 52.5 Å². The first-order valence-electron chi connectivity index (χ1n) is 7.36. The van der Waals surface area contributed by atoms with Gasteiger partial charge in [0.15, 0.2) is 0 Å². The summed E-state index contributed by atoms with van der Waals surface area (Å²) < 4.78 is 48.9. The molecule has 0 amide bonds. The third kappa shape index (κ3) is 4.75. The lowest BCUT2D eigenvalue weighted by Gasteiger charge is -2.14. The molecule has 0 radical (unpaired) electrons. The molecule has 0 aliphatic heterocycles. The fraction of sp³-hybridized carbons (Fsp3) is 0.250. The third-order valence-corrected chi connectivity index (χ3v) is 8.14. The van der Waals surface area contributed by atoms with Gasteiger partial charge < -0.3 is 4.74 Å². The van der Waals surface area contributed by atoms with Crippen LogP contribution < -0.4 is 9.46 Å². The molecule has 1 aliphatic carbocycles. The summed E-state index contributed by atoms with van der Waals surface area (Å²) in [7, 11) is -3.91. The summed E-state index contributed by atoms with van der Waals surface area (Å²) in [4.78, 5) is 0.0341. The molecule has 0 unspecified atom stereocenters. The number of rotatable bonds is 6. The average Bonchev–Trinajstić information content (AvgIpc) is 3.35. The minimum Gasteiger partial charge on any atom is -0.491 e. The summed E-state index contributed by atoms with van der Waals surface area (Å²) in [6.45, 7) is 0.496. The maximum Gasteiger partial charge on any atom is 0.262 e. The minimum atomic E-state index is -3.91. The van der Waals surface area contributed by atoms with Crippen molar-refractivity contribution < 1.29 is 17.5 Å². The van der Waals surface area contributed by atoms with Gasteiger partial charge in [0.1, 0.15) is 11.6 Å². The Morgan fingerprint density at radius 1 is 1.12 bits per heavy atom. The lowest BCUT2D eigenvalue weighted by Crippen LogP contribution is -2.14. The van der Waals surface area contributed by atoms with E-state index < -0.39 is 15.8 Å². The first-order chi connectivity index (χ1) is 11.8. The van der Waals surface area contributed by atoms with Crippen molar-refractivity contribution in [1.82, 2.24) is 0 Å². The van der Waals surface area contributed by atoms with Gasteiger partial charge >= 0.3 is 0 Å². The zero-order chi connectivity index (χ0) is 18.2. The highest BCUT2D eigenvalue weighted by molar-refractivity contribution is 9.14. The number of ether oxygens (including phenoxy) is 1. The van der Waals surface area contributed by atoms with Crippen molar-refractivity contribution in [2.75, 3.05) is 11.3 Å². The van der Waals surface area contributed by atoms with Gasteiger partial charge in [0.05, 0.1) is 17.2 Å². The fourth-order valence-electron chi connectivity index (χ4n) is 2.09. The van der Waals surface area contributed by atoms with Crippen LogP contribution in [-0.4, -0.2) is 15.0 Å². The number of halogens is 4. The van der Waals surface area contributed by atoms with Gasteiger partial charge in [0.25, 0.3) is 10.0 Å². The van der Waals surface area contributed by atoms with Crippen molar-refractivity contribution in [2.24, 2.45) is 5.92 Å². The molecule has 0 atom stereocenters. The number of sulfonamides is 1. The van der Waals surface area contributed by atoms with Crippen LogP contribution in [0.25, 0.3) is 0 Å². The van der Waals surface area contributed by atoms with Crippen molar-refractivity contribution in [1.29, 1.82) is 0 Å². The van der Waals surface area contributed by atoms with Gasteiger partial charge in [-0.1, -0.05) is 0 Å². The highest BCUT2D eigenvalue weighted by Gasteiger charge is 2.24. The molecule has 1 fully saturated rings. The summed E-state index contributed by atoms with van der Waals surface area (Å²) in [5, 5.41) is 0. The van der Waals surface area contributed by atoms with Crippen LogP contribution in [0.5, 0.6) is 5.75 Å². The van der Waals surface area contributed by atoms with E-state index in [9.17, 15) is 12.8 Å². The SMILES string of the molecule is O=S(=O)(Nc1cc(F)ccc1OCC1CC1)c1cc(Br)c(Br)c(Br)c1. The Hall–Kier alpha value is -0.640. The van der Waals surface area contributed by atoms with Gasteiger partial charge in [-0.15, -0.1) is 0 Å². The molecule has 1 aliphatic rings. The van der Waals surface area contributed by atoms with Crippen LogP contribution in [0.3, 0.4) is 0 Å². The Morgan fingerprint density at radius 3 is 2.36 bits per heavy atom. The molecule has 2 aromatic carbocycles. The standard InChI is InChI=1S/C16H13Br3FNO3S/c17-12-6-11(7-13(18)16(12)19)25(22,23)21-14-5-10(20)3-4-15(14)24-8-9-1-2-9/h3-7,9,21H,1-2,8H2. The predicted molar refractivity (Wildman–Crippen MR) is 105 cm³/mol. The molecule has 0 heterocycles. The van der Waals surface area contributed by atoms with E-state index >= 15 is 0 Å². The fourth-order valence-corrected chi connectivity index (χ4v) is 4.92. The highest BCUT2D eigenvalue weighted by Crippen LogP contribution is 2.36. The monoisotopic (exact) mass is 555 g/mol. The number of benzene rings is 2. The minimum absolute atomic E-state index is 0.0341. The zero-order valence-corrected chi connectivity index (χ0v) is 18.3. The van der Waals surface area contributed by atoms with Gasteiger partial charge in [-0.05, 0) is 90.8 Å². The second-order valence-corrected chi connectivity index (χ2v) is 9.89. The van der Waals surface area contributed by atoms with Crippen molar-refractivity contribution >= 4 is 63.5 Å². The van der Waals surface area contributed by atoms with Gasteiger partial charge in [0.2, 0.25) is 0 Å². The molecule has 2 aromatic rings. The molecule has 3 rings (SSSR count). The van der Waals surface area contributed by atoms with Crippen molar-refractivity contribution in [3.63, 3.8) is 0 Å². The Balaban J connectivity index is 1.90. The molecule has 25 heavy (non-hydrogen) atoms. The first-order valence-corrected chi connectivity index (χ1v) is 11.2. The number of nitrogens with one attached hydrogen (secondary N) is 1. The van der Waals surface area contributed by atoms with E-state index in [0.717, 1.165) is 18.9 Å². The topological polar surface area (TPSA) is 55.4 Å². The predicted octanol–water partition coefficient (Wildman–Crippen LogP) is 5.70. The molecular formula is C16H13Br3FNO3S. The Morgan fingerprint density at radius 2 is 1.76 bits per heavy atom. The first kappa shape index (κ1) is 19.1. The second kappa shape index (κ2) is 7.54. The summed E-state index contributed by atoms with van der Waals surface area (Å²) in [5.41, 5.74) is 0.0795. The van der Waals surface area contributed by atoms with Crippen molar-refractivity contribution in [2.45, 2.75) is 17.7 Å². The van der Waals surface area contributed by atoms with E-state index in [0.29, 0.717) is 31.7 Å². The van der Waals surface area contributed by atoms with Crippen LogP contribution in [0.1, 0.15) is 12.8 Å². The van der Waals surface area contributed by atoms with Crippen LogP contribution >= 0.6 is 47.8 Å². The van der Waals surface area contributed by atoms with E-state index in [1.165, 1.54) is 24.3 Å². The van der Waals surface area contributed by atoms with E-state index in [4.69, 9.17) is 4.74 Å². The van der Waals surface area contributed by atoms with Gasteiger partial charge in [-0.2, -0.15) is 0 Å². The smallest absolute Gasteiger partial charge is 0.262 e. The maximum atomic E-state index is 13.6. The molecule has 1 N–H and O–H groups in total. The summed E-state index contributed by atoms with van der Waals surface area (Å²) in [5.74, 6) is 0.259. The van der Waals surface area contributed by atoms with Crippen LogP contribution in [-0.2, 0) is 10.0 Å². The molecular weight excluding hydrogens is 545 g/mol. The normalized spacial score (nSPS) is 14.4. The summed E-state index contributed by atoms with van der Waals surface area (Å²) in [6, 6.07) is 6.71. The lowest BCUT2D eigenvalue weighted by atomic mass is 10.3. The van der Waals surface area contributed by atoms with Crippen LogP contribution in [0.15, 0.2) is 48.6 Å². The quantitative estimate of drug-likeness (QED) is 0.463. The summed E-state index contributed by atoms with van der Waals surface area (Å²) in [6.07, 6.45) is 2.20. The van der Waals surface area contributed by atoms with Crippen molar-refractivity contribution in [3.05, 3.63) is 49.6 Å². The molecule has 1 saturated carbocycles. The molecule has 0 spiro atoms. The second-order valence-electron chi connectivity index (χ2n) is 5.70. The van der Waals surface area contributed by atoms with E-state index in [1.54, 1.807) is 0 Å². The Bertz CT molecular complexity index is 894. The molecule has 9 heteroatoms. The van der Waals surface area contributed by atoms with Crippen LogP contribution in [0.4, 0.5) is 10.1 Å². The van der Waals surface area contributed by atoms with Crippen LogP contribution in [0.2, 0.25) is 0 Å². The lowest BCUT2D eigenvalue weighted by molar-refractivity contribution is 0.301. The third-order valence-electron chi connectivity index (χ3n) is 3.63. The van der Waals surface area contributed by atoms with Gasteiger partial charge in [-0.3, -0.25) is 4.72 Å². The zero-order valence-electron chi connectivity index (χ0n) is 12.7. The van der Waals surface area contributed by atoms with E-state index in [1.807, 2.05) is 0 Å². The Labute approximate surface area is 170 Å². The summed E-state index contributed by atoms with van der Waals surface area (Å²) >= 11 is 9.92. The van der Waals surface area contributed by atoms with Crippen molar-refractivity contribution in [3.8, 4) is 5.75 Å². The number of anilines is 1. The molecule has 0 bridgehead atoms. The molecule has 0 saturated heterocycles. The number of hydrogen-bond acceptors (Lipinski definition) is 3. The maximum absolute atomic E-state index is 13.6. The van der Waals surface area contributed by atoms with Gasteiger partial charge in [-0.25, -0.2) is 12.8 Å². The molecule has 4 nitrogen and oxygen atoms in total. The van der Waals surface area contributed by atoms with Gasteiger partial charge in [0, 0.05) is 19.5 Å². The number of hydrogen-bond donors (Lipinski definition) is 1. The Kier molecular flexibility index (Phi) is 5.77. The average molecular weight is 558 g/mol. The molecule has 0 aromatic heterocycles. The molecule has 134 valence electrons. The highest BCUT2D eigenvalue weighted by atomic mass is 79.9.